The molecule has 1 N–H and O–H groups in total. The van der Waals surface area contributed by atoms with Crippen molar-refractivity contribution in [1.82, 2.24) is 15.0 Å². The average molecular weight is 387 g/mol. The van der Waals surface area contributed by atoms with E-state index in [0.717, 1.165) is 33.3 Å². The van der Waals surface area contributed by atoms with Gasteiger partial charge in [-0.1, -0.05) is 0 Å². The molecule has 0 saturated carbocycles. The first-order valence-corrected chi connectivity index (χ1v) is 10.8. The van der Waals surface area contributed by atoms with Gasteiger partial charge in [-0.3, -0.25) is 4.31 Å². The number of thiazole rings is 1. The van der Waals surface area contributed by atoms with Crippen molar-refractivity contribution in [3.8, 4) is 11.4 Å². The summed E-state index contributed by atoms with van der Waals surface area (Å²) in [6.45, 7) is 2.44. The zero-order valence-electron chi connectivity index (χ0n) is 14.3. The number of aryl methyl sites for hydroxylation is 1. The van der Waals surface area contributed by atoms with Gasteiger partial charge in [-0.15, -0.1) is 11.3 Å². The third-order valence-electron chi connectivity index (χ3n) is 4.13. The summed E-state index contributed by atoms with van der Waals surface area (Å²) in [5.41, 5.74) is 4.15. The Bertz CT molecular complexity index is 1080. The molecule has 1 aliphatic rings. The fraction of sp³-hybridized carbons (Fsp3) is 0.235. The molecule has 26 heavy (non-hydrogen) atoms. The normalized spacial score (nSPS) is 13.7. The number of hydrogen-bond donors (Lipinski definition) is 1. The van der Waals surface area contributed by atoms with E-state index in [9.17, 15) is 8.42 Å². The van der Waals surface area contributed by atoms with Crippen LogP contribution >= 0.6 is 11.3 Å². The first kappa shape index (κ1) is 16.9. The van der Waals surface area contributed by atoms with Gasteiger partial charge in [-0.2, -0.15) is 0 Å². The second kappa shape index (κ2) is 6.33. The molecule has 9 heteroatoms. The van der Waals surface area contributed by atoms with Gasteiger partial charge in [0.25, 0.3) is 0 Å². The number of fused-ring (bicyclic) bond motifs is 1. The topological polar surface area (TPSA) is 88.1 Å². The van der Waals surface area contributed by atoms with Crippen LogP contribution in [0.2, 0.25) is 0 Å². The Morgan fingerprint density at radius 1 is 1.19 bits per heavy atom. The van der Waals surface area contributed by atoms with Crippen LogP contribution in [0.3, 0.4) is 0 Å². The molecule has 0 saturated heterocycles. The Morgan fingerprint density at radius 2 is 2.04 bits per heavy atom. The largest absolute Gasteiger partial charge is 0.324 e. The Kier molecular flexibility index (Phi) is 4.12. The number of benzene rings is 1. The lowest BCUT2D eigenvalue weighted by atomic mass is 10.1. The Balaban J connectivity index is 1.59. The number of hydrogen-bond acceptors (Lipinski definition) is 7. The number of aromatic nitrogens is 3. The van der Waals surface area contributed by atoms with Gasteiger partial charge in [0, 0.05) is 23.8 Å². The Morgan fingerprint density at radius 3 is 2.77 bits per heavy atom. The summed E-state index contributed by atoms with van der Waals surface area (Å²) in [5, 5.41) is 6.15. The fourth-order valence-corrected chi connectivity index (χ4v) is 4.53. The van der Waals surface area contributed by atoms with E-state index in [-0.39, 0.29) is 0 Å². The third kappa shape index (κ3) is 3.27. The maximum Gasteiger partial charge on any atom is 0.232 e. The monoisotopic (exact) mass is 387 g/mol. The number of rotatable bonds is 4. The Hall–Kier alpha value is -2.52. The molecule has 0 radical (unpaired) electrons. The lowest BCUT2D eigenvalue weighted by Crippen LogP contribution is -2.27. The van der Waals surface area contributed by atoms with Gasteiger partial charge in [0.1, 0.15) is 5.69 Å². The van der Waals surface area contributed by atoms with E-state index in [1.165, 1.54) is 10.6 Å². The van der Waals surface area contributed by atoms with E-state index in [1.807, 2.05) is 36.6 Å². The van der Waals surface area contributed by atoms with Crippen LogP contribution in [0.4, 0.5) is 17.3 Å². The van der Waals surface area contributed by atoms with Crippen LogP contribution in [0, 0.1) is 6.92 Å². The van der Waals surface area contributed by atoms with E-state index in [1.54, 1.807) is 17.5 Å². The summed E-state index contributed by atoms with van der Waals surface area (Å²) in [5.74, 6) is 0.478. The highest BCUT2D eigenvalue weighted by Crippen LogP contribution is 2.32. The molecule has 1 aromatic carbocycles. The second-order valence-electron chi connectivity index (χ2n) is 6.07. The van der Waals surface area contributed by atoms with Gasteiger partial charge >= 0.3 is 0 Å². The van der Waals surface area contributed by atoms with E-state index in [4.69, 9.17) is 0 Å². The molecule has 0 amide bonds. The van der Waals surface area contributed by atoms with Crippen molar-refractivity contribution in [2.75, 3.05) is 22.4 Å². The van der Waals surface area contributed by atoms with Gasteiger partial charge in [-0.05, 0) is 43.2 Å². The highest BCUT2D eigenvalue weighted by atomic mass is 32.2. The molecule has 0 spiro atoms. The minimum atomic E-state index is -3.24. The zero-order valence-corrected chi connectivity index (χ0v) is 15.9. The van der Waals surface area contributed by atoms with Crippen LogP contribution in [-0.4, -0.2) is 36.2 Å². The smallest absolute Gasteiger partial charge is 0.232 e. The summed E-state index contributed by atoms with van der Waals surface area (Å²) < 4.78 is 25.1. The molecule has 0 atom stereocenters. The molecule has 0 fully saturated rings. The zero-order chi connectivity index (χ0) is 18.3. The molecule has 0 unspecified atom stereocenters. The maximum absolute atomic E-state index is 11.8. The molecule has 134 valence electrons. The Labute approximate surface area is 155 Å². The quantitative estimate of drug-likeness (QED) is 0.740. The van der Waals surface area contributed by atoms with Crippen LogP contribution in [0.15, 0.2) is 35.8 Å². The average Bonchev–Trinajstić information content (AvgIpc) is 3.20. The summed E-state index contributed by atoms with van der Waals surface area (Å²) in [7, 11) is -3.24. The summed E-state index contributed by atoms with van der Waals surface area (Å²) >= 11 is 1.58. The second-order valence-corrected chi connectivity index (χ2v) is 9.04. The van der Waals surface area contributed by atoms with Crippen molar-refractivity contribution in [3.63, 3.8) is 0 Å². The van der Waals surface area contributed by atoms with Crippen molar-refractivity contribution in [2.24, 2.45) is 0 Å². The predicted molar refractivity (Wildman–Crippen MR) is 103 cm³/mol. The van der Waals surface area contributed by atoms with Gasteiger partial charge in [0.05, 0.1) is 22.6 Å². The molecule has 1 aliphatic heterocycles. The molecular weight excluding hydrogens is 370 g/mol. The SMILES string of the molecule is Cc1nc(-c2ccnc(Nc3ccc4c(c3)CCN4S(C)(=O)=O)n2)cs1. The number of nitrogens with zero attached hydrogens (tertiary/aromatic N) is 4. The molecule has 7 nitrogen and oxygen atoms in total. The van der Waals surface area contributed by atoms with Crippen LogP contribution in [-0.2, 0) is 16.4 Å². The highest BCUT2D eigenvalue weighted by molar-refractivity contribution is 7.92. The van der Waals surface area contributed by atoms with E-state index in [2.05, 4.69) is 20.3 Å². The first-order valence-electron chi connectivity index (χ1n) is 8.03. The molecular formula is C17H17N5O2S2. The number of sulfonamides is 1. The van der Waals surface area contributed by atoms with Gasteiger partial charge in [0.15, 0.2) is 0 Å². The molecule has 2 aromatic heterocycles. The summed E-state index contributed by atoms with van der Waals surface area (Å²) in [6.07, 6.45) is 3.61. The van der Waals surface area contributed by atoms with Crippen LogP contribution < -0.4 is 9.62 Å². The van der Waals surface area contributed by atoms with Gasteiger partial charge < -0.3 is 5.32 Å². The van der Waals surface area contributed by atoms with Gasteiger partial charge in [0.2, 0.25) is 16.0 Å². The fourth-order valence-electron chi connectivity index (χ4n) is 2.97. The van der Waals surface area contributed by atoms with E-state index in [0.29, 0.717) is 18.9 Å². The standard InChI is InChI=1S/C17H17N5O2S2/c1-11-19-15(10-25-11)14-5-7-18-17(21-14)20-13-3-4-16-12(9-13)6-8-22(16)26(2,23)24/h3-5,7,9-10H,6,8H2,1-2H3,(H,18,20,21). The molecule has 3 aromatic rings. The third-order valence-corrected chi connectivity index (χ3v) is 6.08. The molecule has 0 aliphatic carbocycles. The highest BCUT2D eigenvalue weighted by Gasteiger charge is 2.26. The molecule has 0 bridgehead atoms. The molecule has 4 rings (SSSR count). The van der Waals surface area contributed by atoms with Crippen molar-refractivity contribution in [3.05, 3.63) is 46.4 Å². The van der Waals surface area contributed by atoms with Crippen molar-refractivity contribution < 1.29 is 8.42 Å². The summed E-state index contributed by atoms with van der Waals surface area (Å²) in [4.78, 5) is 13.2. The predicted octanol–water partition coefficient (Wildman–Crippen LogP) is 2.97. The maximum atomic E-state index is 11.8. The van der Waals surface area contributed by atoms with Crippen molar-refractivity contribution in [1.29, 1.82) is 0 Å². The van der Waals surface area contributed by atoms with E-state index >= 15 is 0 Å². The first-order chi connectivity index (χ1) is 12.4. The van der Waals surface area contributed by atoms with Gasteiger partial charge in [-0.25, -0.2) is 23.4 Å². The van der Waals surface area contributed by atoms with Crippen LogP contribution in [0.1, 0.15) is 10.6 Å². The number of nitrogens with one attached hydrogen (secondary N) is 1. The lowest BCUT2D eigenvalue weighted by molar-refractivity contribution is 0.598. The summed E-state index contributed by atoms with van der Waals surface area (Å²) in [6, 6.07) is 7.43. The molecule has 3 heterocycles. The lowest BCUT2D eigenvalue weighted by Gasteiger charge is -2.16. The number of anilines is 3. The van der Waals surface area contributed by atoms with Crippen molar-refractivity contribution >= 4 is 38.7 Å². The van der Waals surface area contributed by atoms with Crippen LogP contribution in [0.25, 0.3) is 11.4 Å². The van der Waals surface area contributed by atoms with Crippen LogP contribution in [0.5, 0.6) is 0 Å². The van der Waals surface area contributed by atoms with Crippen molar-refractivity contribution in [2.45, 2.75) is 13.3 Å². The van der Waals surface area contributed by atoms with E-state index < -0.39 is 10.0 Å². The minimum Gasteiger partial charge on any atom is -0.324 e. The minimum absolute atomic E-state index is 0.478.